The third-order valence-electron chi connectivity index (χ3n) is 2.26. The summed E-state index contributed by atoms with van der Waals surface area (Å²) in [5.74, 6) is 0.187. The second-order valence-electron chi connectivity index (χ2n) is 4.60. The minimum atomic E-state index is -1.51. The van der Waals surface area contributed by atoms with Gasteiger partial charge < -0.3 is 9.16 Å². The molecule has 0 N–H and O–H groups in total. The molecular weight excluding hydrogens is 184 g/mol. The van der Waals surface area contributed by atoms with Crippen LogP contribution in [0.15, 0.2) is 0 Å². The van der Waals surface area contributed by atoms with Gasteiger partial charge in [-0.2, -0.15) is 0 Å². The summed E-state index contributed by atoms with van der Waals surface area (Å²) in [5, 5.41) is 0. The highest BCUT2D eigenvalue weighted by molar-refractivity contribution is 6.69. The maximum absolute atomic E-state index is 11.2. The quantitative estimate of drug-likeness (QED) is 0.515. The molecule has 3 nitrogen and oxygen atoms in total. The topological polar surface area (TPSA) is 35.5 Å². The lowest BCUT2D eigenvalue weighted by Gasteiger charge is -2.16. The summed E-state index contributed by atoms with van der Waals surface area (Å²) in [6, 6.07) is 0. The summed E-state index contributed by atoms with van der Waals surface area (Å²) in [4.78, 5) is 11.2. The highest BCUT2D eigenvalue weighted by atomic mass is 28.4. The van der Waals surface area contributed by atoms with E-state index in [1.54, 1.807) is 0 Å². The predicted molar refractivity (Wildman–Crippen MR) is 52.9 cm³/mol. The molecule has 3 atom stereocenters. The fraction of sp³-hybridized carbons (Fsp3) is 0.889. The molecule has 1 saturated carbocycles. The van der Waals surface area contributed by atoms with Crippen LogP contribution in [0.2, 0.25) is 19.6 Å². The van der Waals surface area contributed by atoms with E-state index in [0.29, 0.717) is 5.92 Å². The number of hydrogen-bond acceptors (Lipinski definition) is 3. The van der Waals surface area contributed by atoms with Crippen molar-refractivity contribution in [2.45, 2.75) is 32.7 Å². The first-order valence-corrected chi connectivity index (χ1v) is 8.03. The van der Waals surface area contributed by atoms with Gasteiger partial charge in [-0.15, -0.1) is 0 Å². The molecule has 0 amide bonds. The molecule has 0 heterocycles. The smallest absolute Gasteiger partial charge is 0.311 e. The Morgan fingerprint density at radius 3 is 2.23 bits per heavy atom. The molecule has 0 aromatic rings. The number of methoxy groups -OCH3 is 1. The van der Waals surface area contributed by atoms with Crippen molar-refractivity contribution < 1.29 is 14.0 Å². The van der Waals surface area contributed by atoms with Crippen LogP contribution >= 0.6 is 0 Å². The first-order chi connectivity index (χ1) is 5.87. The second kappa shape index (κ2) is 3.42. The minimum absolute atomic E-state index is 0.0169. The molecule has 0 aromatic heterocycles. The van der Waals surface area contributed by atoms with Crippen LogP contribution in [-0.4, -0.2) is 27.5 Å². The Hall–Kier alpha value is -0.353. The van der Waals surface area contributed by atoms with E-state index in [4.69, 9.17) is 4.43 Å². The van der Waals surface area contributed by atoms with E-state index in [0.717, 1.165) is 0 Å². The van der Waals surface area contributed by atoms with Gasteiger partial charge in [-0.1, -0.05) is 6.92 Å². The lowest BCUT2D eigenvalue weighted by molar-refractivity contribution is -0.143. The zero-order valence-corrected chi connectivity index (χ0v) is 9.96. The Labute approximate surface area is 80.5 Å². The van der Waals surface area contributed by atoms with Gasteiger partial charge in [-0.3, -0.25) is 4.79 Å². The SMILES string of the molecule is COC(=O)[C@@H]1[C@@H](C)[C@H]1O[Si](C)(C)C. The summed E-state index contributed by atoms with van der Waals surface area (Å²) in [6.07, 6.45) is 0.110. The van der Waals surface area contributed by atoms with Crippen molar-refractivity contribution in [2.24, 2.45) is 11.8 Å². The van der Waals surface area contributed by atoms with E-state index >= 15 is 0 Å². The molecule has 1 aliphatic carbocycles. The van der Waals surface area contributed by atoms with Gasteiger partial charge in [-0.05, 0) is 25.6 Å². The van der Waals surface area contributed by atoms with Crippen LogP contribution in [0.25, 0.3) is 0 Å². The lowest BCUT2D eigenvalue weighted by atomic mass is 10.3. The monoisotopic (exact) mass is 202 g/mol. The van der Waals surface area contributed by atoms with Crippen molar-refractivity contribution in [3.05, 3.63) is 0 Å². The average molecular weight is 202 g/mol. The van der Waals surface area contributed by atoms with E-state index in [1.165, 1.54) is 7.11 Å². The molecule has 0 unspecified atom stereocenters. The molecule has 0 radical (unpaired) electrons. The molecule has 0 spiro atoms. The van der Waals surface area contributed by atoms with Gasteiger partial charge in [0.05, 0.1) is 19.1 Å². The van der Waals surface area contributed by atoms with Crippen molar-refractivity contribution in [1.29, 1.82) is 0 Å². The van der Waals surface area contributed by atoms with Crippen molar-refractivity contribution in [3.63, 3.8) is 0 Å². The third kappa shape index (κ3) is 2.54. The third-order valence-corrected chi connectivity index (χ3v) is 3.24. The molecule has 0 saturated heterocycles. The summed E-state index contributed by atoms with van der Waals surface area (Å²) in [5.41, 5.74) is 0. The Bertz CT molecular complexity index is 209. The largest absolute Gasteiger partial charge is 0.469 e. The normalized spacial score (nSPS) is 32.8. The summed E-state index contributed by atoms with van der Waals surface area (Å²) < 4.78 is 10.5. The standard InChI is InChI=1S/C9H18O3Si/c1-6-7(9(10)11-2)8(6)12-13(3,4)5/h6-8H,1-5H3/t6-,7-,8-/m1/s1. The maximum Gasteiger partial charge on any atom is 0.311 e. The lowest BCUT2D eigenvalue weighted by Crippen LogP contribution is -2.28. The van der Waals surface area contributed by atoms with Gasteiger partial charge in [-0.25, -0.2) is 0 Å². The van der Waals surface area contributed by atoms with E-state index in [1.807, 2.05) is 6.92 Å². The molecular formula is C9H18O3Si. The molecule has 0 aromatic carbocycles. The van der Waals surface area contributed by atoms with Crippen LogP contribution in [0, 0.1) is 11.8 Å². The minimum Gasteiger partial charge on any atom is -0.469 e. The average Bonchev–Trinajstić information content (AvgIpc) is 2.57. The van der Waals surface area contributed by atoms with Crippen LogP contribution < -0.4 is 0 Å². The van der Waals surface area contributed by atoms with E-state index < -0.39 is 8.32 Å². The van der Waals surface area contributed by atoms with Gasteiger partial charge >= 0.3 is 5.97 Å². The number of esters is 1. The van der Waals surface area contributed by atoms with Crippen LogP contribution in [0.3, 0.4) is 0 Å². The molecule has 76 valence electrons. The van der Waals surface area contributed by atoms with Crippen molar-refractivity contribution in [1.82, 2.24) is 0 Å². The van der Waals surface area contributed by atoms with E-state index in [9.17, 15) is 4.79 Å². The fourth-order valence-corrected chi connectivity index (χ4v) is 2.68. The van der Waals surface area contributed by atoms with Crippen molar-refractivity contribution >= 4 is 14.3 Å². The number of rotatable bonds is 3. The van der Waals surface area contributed by atoms with Gasteiger partial charge in [0.2, 0.25) is 0 Å². The van der Waals surface area contributed by atoms with E-state index in [-0.39, 0.29) is 18.0 Å². The van der Waals surface area contributed by atoms with Crippen LogP contribution in [-0.2, 0) is 14.0 Å². The number of ether oxygens (including phenoxy) is 1. The molecule has 13 heavy (non-hydrogen) atoms. The van der Waals surface area contributed by atoms with Gasteiger partial charge in [0.1, 0.15) is 0 Å². The maximum atomic E-state index is 11.2. The zero-order chi connectivity index (χ0) is 10.2. The van der Waals surface area contributed by atoms with E-state index in [2.05, 4.69) is 24.4 Å². The summed E-state index contributed by atoms with van der Waals surface area (Å²) >= 11 is 0. The van der Waals surface area contributed by atoms with Crippen molar-refractivity contribution in [2.75, 3.05) is 7.11 Å². The highest BCUT2D eigenvalue weighted by Gasteiger charge is 2.54. The molecule has 4 heteroatoms. The Morgan fingerprint density at radius 2 is 1.85 bits per heavy atom. The van der Waals surface area contributed by atoms with Crippen LogP contribution in [0.5, 0.6) is 0 Å². The number of carbonyl (C=O) groups is 1. The summed E-state index contributed by atoms with van der Waals surface area (Å²) in [7, 11) is -0.0783. The molecule has 1 fully saturated rings. The fourth-order valence-electron chi connectivity index (χ4n) is 1.50. The first kappa shape index (κ1) is 10.7. The molecule has 0 bridgehead atoms. The Morgan fingerprint density at radius 1 is 1.31 bits per heavy atom. The van der Waals surface area contributed by atoms with Gasteiger partial charge in [0.25, 0.3) is 0 Å². The Balaban J connectivity index is 2.45. The molecule has 1 rings (SSSR count). The predicted octanol–water partition coefficient (Wildman–Crippen LogP) is 1.65. The van der Waals surface area contributed by atoms with Crippen LogP contribution in [0.1, 0.15) is 6.92 Å². The van der Waals surface area contributed by atoms with Crippen LogP contribution in [0.4, 0.5) is 0 Å². The molecule has 0 aliphatic heterocycles. The summed E-state index contributed by atoms with van der Waals surface area (Å²) in [6.45, 7) is 8.43. The zero-order valence-electron chi connectivity index (χ0n) is 8.96. The Kier molecular flexibility index (Phi) is 2.82. The molecule has 1 aliphatic rings. The van der Waals surface area contributed by atoms with Gasteiger partial charge in [0.15, 0.2) is 8.32 Å². The number of hydrogen-bond donors (Lipinski definition) is 0. The number of carbonyl (C=O) groups excluding carboxylic acids is 1. The second-order valence-corrected chi connectivity index (χ2v) is 9.06. The first-order valence-electron chi connectivity index (χ1n) is 4.62. The van der Waals surface area contributed by atoms with Crippen molar-refractivity contribution in [3.8, 4) is 0 Å². The highest BCUT2D eigenvalue weighted by Crippen LogP contribution is 2.43. The van der Waals surface area contributed by atoms with Gasteiger partial charge in [0, 0.05) is 0 Å².